The lowest BCUT2D eigenvalue weighted by atomic mass is 9.83. The van der Waals surface area contributed by atoms with E-state index in [1.54, 1.807) is 9.91 Å². The van der Waals surface area contributed by atoms with Gasteiger partial charge in [0.25, 0.3) is 0 Å². The molecular formula is C44H69N7O6. The predicted octanol–water partition coefficient (Wildman–Crippen LogP) is 5.91. The van der Waals surface area contributed by atoms with Crippen molar-refractivity contribution in [1.82, 2.24) is 36.3 Å². The summed E-state index contributed by atoms with van der Waals surface area (Å²) in [6.45, 7) is 17.5. The number of aromatic nitrogens is 1. The molecule has 6 atom stereocenters. The molecule has 5 amide bonds. The summed E-state index contributed by atoms with van der Waals surface area (Å²) in [5, 5.41) is 22.7. The topological polar surface area (TPSA) is 165 Å². The van der Waals surface area contributed by atoms with Gasteiger partial charge in [-0.25, -0.2) is 14.6 Å². The lowest BCUT2D eigenvalue weighted by Crippen LogP contribution is -2.56. The minimum absolute atomic E-state index is 0.0632. The van der Waals surface area contributed by atoms with Crippen LogP contribution in [0, 0.1) is 30.1 Å². The van der Waals surface area contributed by atoms with Crippen molar-refractivity contribution in [3.8, 4) is 0 Å². The number of aliphatic hydroxyl groups excluding tert-OH is 1. The molecule has 1 aromatic carbocycles. The number of nitrogens with zero attached hydrogens (tertiary/aromatic N) is 3. The number of urea groups is 1. The number of amides is 5. The Bertz CT molecular complexity index is 1610. The first kappa shape index (κ1) is 46.9. The largest absolute Gasteiger partial charge is 0.453 e. The van der Waals surface area contributed by atoms with E-state index in [4.69, 9.17) is 4.74 Å². The number of hydrogen-bond donors (Lipinski definition) is 5. The van der Waals surface area contributed by atoms with Gasteiger partial charge in [-0.05, 0) is 81.4 Å². The minimum Gasteiger partial charge on any atom is -0.453 e. The van der Waals surface area contributed by atoms with Gasteiger partial charge < -0.3 is 30.7 Å². The number of ether oxygens (including phenoxy) is 1. The Morgan fingerprint density at radius 3 is 2.47 bits per heavy atom. The number of alkyl carbamates (subject to hydrolysis) is 1. The fourth-order valence-corrected chi connectivity index (χ4v) is 7.24. The van der Waals surface area contributed by atoms with Crippen LogP contribution < -0.4 is 21.4 Å². The van der Waals surface area contributed by atoms with Crippen LogP contribution >= 0.6 is 0 Å². The van der Waals surface area contributed by atoms with Crippen LogP contribution in [0.1, 0.15) is 97.5 Å². The van der Waals surface area contributed by atoms with Crippen molar-refractivity contribution in [2.45, 2.75) is 119 Å². The summed E-state index contributed by atoms with van der Waals surface area (Å²) in [5.41, 5.74) is 6.28. The van der Waals surface area contributed by atoms with Crippen molar-refractivity contribution < 1.29 is 29.0 Å². The monoisotopic (exact) mass is 792 g/mol. The molecule has 0 aliphatic carbocycles. The Morgan fingerprint density at radius 2 is 1.82 bits per heavy atom. The third-order valence-corrected chi connectivity index (χ3v) is 10.8. The number of carbonyl (C=O) groups is 4. The summed E-state index contributed by atoms with van der Waals surface area (Å²) < 4.78 is 4.70. The van der Waals surface area contributed by atoms with E-state index >= 15 is 0 Å². The molecule has 3 rings (SSSR count). The fourth-order valence-electron chi connectivity index (χ4n) is 7.24. The van der Waals surface area contributed by atoms with Gasteiger partial charge in [-0.15, -0.1) is 0 Å². The SMILES string of the molecule is CCC(C)C(C(=O)NC(Cc1ccccc1)C(O)CN(CCC(C)CCC=C(C)C)NC(=O)CC(C)(C)CNC(=O)OC)C1CNC(=O)N1Cc1cccc(C)n1. The number of allylic oxidation sites excluding steroid dienone is 2. The molecule has 1 fully saturated rings. The smallest absolute Gasteiger partial charge is 0.406 e. The Balaban J connectivity index is 1.87. The van der Waals surface area contributed by atoms with Crippen LogP contribution in [-0.2, 0) is 27.3 Å². The standard InChI is InChI=1S/C44H69N7O6/c1-10-32(5)40(37-26-45-42(55)51(37)27-35-21-15-18-33(6)47-35)41(54)48-36(24-34-19-12-11-13-20-34)38(52)28-50(23-22-31(4)17-14-16-30(2)3)49-39(53)25-44(7,8)29-46-43(56)57-9/h11-13,15-16,18-21,31-32,36-38,40,52H,10,14,17,22-29H2,1-9H3,(H,45,55)(H,46,56)(H,48,54)(H,49,53). The first-order valence-electron chi connectivity index (χ1n) is 20.5. The summed E-state index contributed by atoms with van der Waals surface area (Å²) in [6.07, 6.45) is 4.49. The molecule has 1 saturated heterocycles. The van der Waals surface area contributed by atoms with Gasteiger partial charge in [-0.1, -0.05) is 89.1 Å². The molecule has 0 saturated carbocycles. The van der Waals surface area contributed by atoms with Crippen LogP contribution in [0.25, 0.3) is 0 Å². The average Bonchev–Trinajstić information content (AvgIpc) is 3.50. The Kier molecular flexibility index (Phi) is 19.0. The Hall–Kier alpha value is -4.49. The molecular weight excluding hydrogens is 723 g/mol. The van der Waals surface area contributed by atoms with Crippen LogP contribution in [0.15, 0.2) is 60.2 Å². The molecule has 13 nitrogen and oxygen atoms in total. The van der Waals surface area contributed by atoms with Gasteiger partial charge in [0, 0.05) is 38.3 Å². The van der Waals surface area contributed by atoms with E-state index in [-0.39, 0.29) is 49.8 Å². The average molecular weight is 792 g/mol. The maximum absolute atomic E-state index is 14.6. The predicted molar refractivity (Wildman–Crippen MR) is 224 cm³/mol. The first-order valence-corrected chi connectivity index (χ1v) is 20.5. The van der Waals surface area contributed by atoms with Gasteiger partial charge in [0.15, 0.2) is 0 Å². The number of hydrazine groups is 1. The van der Waals surface area contributed by atoms with E-state index in [1.807, 2.05) is 83.1 Å². The van der Waals surface area contributed by atoms with Crippen LogP contribution in [0.2, 0.25) is 0 Å². The lowest BCUT2D eigenvalue weighted by molar-refractivity contribution is -0.132. The normalized spacial score (nSPS) is 16.9. The second-order valence-electron chi connectivity index (χ2n) is 16.9. The van der Waals surface area contributed by atoms with E-state index in [2.05, 4.69) is 53.2 Å². The molecule has 6 unspecified atom stereocenters. The van der Waals surface area contributed by atoms with Gasteiger partial charge in [0.05, 0.1) is 43.5 Å². The van der Waals surface area contributed by atoms with Crippen molar-refractivity contribution >= 4 is 23.9 Å². The second kappa shape index (κ2) is 23.0. The number of carbonyl (C=O) groups excluding carboxylic acids is 4. The van der Waals surface area contributed by atoms with Crippen LogP contribution in [0.3, 0.4) is 0 Å². The van der Waals surface area contributed by atoms with E-state index in [0.29, 0.717) is 31.8 Å². The molecule has 0 spiro atoms. The molecule has 13 heteroatoms. The van der Waals surface area contributed by atoms with Crippen molar-refractivity contribution in [3.63, 3.8) is 0 Å². The number of hydrogen-bond acceptors (Lipinski definition) is 8. The number of nitrogens with one attached hydrogen (secondary N) is 4. The lowest BCUT2D eigenvalue weighted by Gasteiger charge is -2.36. The summed E-state index contributed by atoms with van der Waals surface area (Å²) >= 11 is 0. The number of aliphatic hydroxyl groups is 1. The van der Waals surface area contributed by atoms with Gasteiger partial charge in [-0.2, -0.15) is 0 Å². The van der Waals surface area contributed by atoms with E-state index in [9.17, 15) is 24.3 Å². The summed E-state index contributed by atoms with van der Waals surface area (Å²) in [6, 6.07) is 14.0. The molecule has 2 heterocycles. The number of rotatable bonds is 23. The summed E-state index contributed by atoms with van der Waals surface area (Å²) in [4.78, 5) is 59.4. The van der Waals surface area contributed by atoms with E-state index in [0.717, 1.165) is 36.2 Å². The molecule has 0 bridgehead atoms. The maximum atomic E-state index is 14.6. The quantitative estimate of drug-likeness (QED) is 0.0685. The number of aryl methyl sites for hydroxylation is 1. The Morgan fingerprint density at radius 1 is 1.11 bits per heavy atom. The zero-order valence-corrected chi connectivity index (χ0v) is 35.8. The van der Waals surface area contributed by atoms with E-state index < -0.39 is 35.6 Å². The van der Waals surface area contributed by atoms with Crippen LogP contribution in [0.5, 0.6) is 0 Å². The fraction of sp³-hybridized carbons (Fsp3) is 0.614. The zero-order chi connectivity index (χ0) is 42.1. The third-order valence-electron chi connectivity index (χ3n) is 10.8. The summed E-state index contributed by atoms with van der Waals surface area (Å²) in [7, 11) is 1.29. The highest BCUT2D eigenvalue weighted by Crippen LogP contribution is 2.28. The van der Waals surface area contributed by atoms with Crippen molar-refractivity contribution in [1.29, 1.82) is 0 Å². The molecule has 2 aromatic rings. The minimum atomic E-state index is -1.07. The molecule has 1 aliphatic heterocycles. The van der Waals surface area contributed by atoms with Crippen molar-refractivity contribution in [2.24, 2.45) is 23.2 Å². The molecule has 5 N–H and O–H groups in total. The molecule has 1 aliphatic rings. The highest BCUT2D eigenvalue weighted by atomic mass is 16.5. The summed E-state index contributed by atoms with van der Waals surface area (Å²) in [5.74, 6) is -0.780. The molecule has 0 radical (unpaired) electrons. The highest BCUT2D eigenvalue weighted by molar-refractivity contribution is 5.83. The number of benzene rings is 1. The molecule has 57 heavy (non-hydrogen) atoms. The van der Waals surface area contributed by atoms with Crippen LogP contribution in [0.4, 0.5) is 9.59 Å². The number of pyridine rings is 1. The molecule has 1 aromatic heterocycles. The van der Waals surface area contributed by atoms with Crippen molar-refractivity contribution in [3.05, 3.63) is 77.1 Å². The van der Waals surface area contributed by atoms with Crippen LogP contribution in [-0.4, -0.2) is 95.4 Å². The van der Waals surface area contributed by atoms with Crippen molar-refractivity contribution in [2.75, 3.05) is 33.3 Å². The van der Waals surface area contributed by atoms with Gasteiger partial charge in [0.1, 0.15) is 0 Å². The van der Waals surface area contributed by atoms with Gasteiger partial charge >= 0.3 is 12.1 Å². The highest BCUT2D eigenvalue weighted by Gasteiger charge is 2.43. The molecule has 316 valence electrons. The first-order chi connectivity index (χ1) is 27.0. The third kappa shape index (κ3) is 16.1. The van der Waals surface area contributed by atoms with Gasteiger partial charge in [-0.3, -0.25) is 20.0 Å². The number of methoxy groups -OCH3 is 1. The second-order valence-corrected chi connectivity index (χ2v) is 16.9. The van der Waals surface area contributed by atoms with E-state index in [1.165, 1.54) is 12.7 Å². The van der Waals surface area contributed by atoms with Gasteiger partial charge in [0.2, 0.25) is 11.8 Å². The zero-order valence-electron chi connectivity index (χ0n) is 35.8. The maximum Gasteiger partial charge on any atom is 0.406 e. The Labute approximate surface area is 340 Å².